The molecule has 0 radical (unpaired) electrons. The van der Waals surface area contributed by atoms with Crippen LogP contribution in [-0.2, 0) is 0 Å². The molecule has 0 spiro atoms. The minimum Gasteiger partial charge on any atom is -0.491 e. The number of likely N-dealkylation sites (tertiary alicyclic amines) is 1. The predicted octanol–water partition coefficient (Wildman–Crippen LogP) is 1.61. The number of carbonyl (C=O) groups is 1. The van der Waals surface area contributed by atoms with Gasteiger partial charge in [-0.1, -0.05) is 0 Å². The molecule has 2 rings (SSSR count). The first-order valence-corrected chi connectivity index (χ1v) is 7.93. The molecular formula is C17H24F2N2O3. The minimum absolute atomic E-state index is 0.0148. The molecule has 2 atom stereocenters. The Morgan fingerprint density at radius 3 is 2.38 bits per heavy atom. The molecular weight excluding hydrogens is 318 g/mol. The quantitative estimate of drug-likeness (QED) is 0.883. The van der Waals surface area contributed by atoms with Crippen LogP contribution in [0.1, 0.15) is 16.8 Å². The van der Waals surface area contributed by atoms with Crippen LogP contribution in [0.5, 0.6) is 5.75 Å². The van der Waals surface area contributed by atoms with Crippen LogP contribution < -0.4 is 4.74 Å². The molecule has 1 amide bonds. The van der Waals surface area contributed by atoms with Crippen LogP contribution in [-0.4, -0.2) is 68.3 Å². The first-order chi connectivity index (χ1) is 11.3. The van der Waals surface area contributed by atoms with Gasteiger partial charge in [-0.2, -0.15) is 0 Å². The average Bonchev–Trinajstić information content (AvgIpc) is 2.52. The van der Waals surface area contributed by atoms with Crippen molar-refractivity contribution in [3.05, 3.63) is 29.3 Å². The van der Waals surface area contributed by atoms with Gasteiger partial charge in [0.2, 0.25) is 0 Å². The lowest BCUT2D eigenvalue weighted by atomic mass is 9.89. The molecule has 1 aromatic carbocycles. The van der Waals surface area contributed by atoms with E-state index in [0.717, 1.165) is 25.1 Å². The lowest BCUT2D eigenvalue weighted by molar-refractivity contribution is 0.0477. The van der Waals surface area contributed by atoms with Crippen LogP contribution in [0.25, 0.3) is 0 Å². The molecule has 1 saturated heterocycles. The van der Waals surface area contributed by atoms with E-state index < -0.39 is 23.3 Å². The highest BCUT2D eigenvalue weighted by Crippen LogP contribution is 2.27. The van der Waals surface area contributed by atoms with Crippen molar-refractivity contribution < 1.29 is 23.4 Å². The Morgan fingerprint density at radius 2 is 1.88 bits per heavy atom. The molecule has 0 aromatic heterocycles. The van der Waals surface area contributed by atoms with E-state index in [1.54, 1.807) is 4.90 Å². The third kappa shape index (κ3) is 4.21. The standard InChI is InChI=1S/C17H24F2N2O3/c1-20(2)7-11-4-12(10-22)9-21(8-11)17(23)13-5-14(18)16(24-3)15(19)6-13/h5-6,11-12,22H,4,7-10H2,1-3H3/t11-,12+/m1/s1. The Labute approximate surface area is 140 Å². The van der Waals surface area contributed by atoms with Gasteiger partial charge in [-0.05, 0) is 44.5 Å². The van der Waals surface area contributed by atoms with Gasteiger partial charge in [0, 0.05) is 31.8 Å². The fraction of sp³-hybridized carbons (Fsp3) is 0.588. The highest BCUT2D eigenvalue weighted by molar-refractivity contribution is 5.94. The lowest BCUT2D eigenvalue weighted by Gasteiger charge is -2.38. The first kappa shape index (κ1) is 18.6. The van der Waals surface area contributed by atoms with E-state index in [1.165, 1.54) is 7.11 Å². The number of aliphatic hydroxyl groups excluding tert-OH is 1. The number of benzene rings is 1. The topological polar surface area (TPSA) is 53.0 Å². The molecule has 1 aliphatic rings. The summed E-state index contributed by atoms with van der Waals surface area (Å²) < 4.78 is 32.3. The Hall–Kier alpha value is -1.73. The number of nitrogens with zero attached hydrogens (tertiary/aromatic N) is 2. The highest BCUT2D eigenvalue weighted by Gasteiger charge is 2.31. The summed E-state index contributed by atoms with van der Waals surface area (Å²) in [6, 6.07) is 1.99. The van der Waals surface area contributed by atoms with Gasteiger partial charge in [0.1, 0.15) is 0 Å². The van der Waals surface area contributed by atoms with Crippen molar-refractivity contribution in [3.63, 3.8) is 0 Å². The van der Waals surface area contributed by atoms with Gasteiger partial charge in [-0.25, -0.2) is 8.78 Å². The van der Waals surface area contributed by atoms with Gasteiger partial charge < -0.3 is 19.6 Å². The molecule has 0 bridgehead atoms. The summed E-state index contributed by atoms with van der Waals surface area (Å²) in [5.41, 5.74) is -0.0482. The van der Waals surface area contributed by atoms with Crippen molar-refractivity contribution in [2.75, 3.05) is 47.4 Å². The molecule has 1 aliphatic heterocycles. The maximum absolute atomic E-state index is 13.8. The number of aliphatic hydroxyl groups is 1. The number of halogens is 2. The van der Waals surface area contributed by atoms with Crippen LogP contribution in [0.4, 0.5) is 8.78 Å². The smallest absolute Gasteiger partial charge is 0.254 e. The Kier molecular flexibility index (Phi) is 6.12. The van der Waals surface area contributed by atoms with Gasteiger partial charge in [-0.15, -0.1) is 0 Å². The van der Waals surface area contributed by atoms with Crippen LogP contribution in [0, 0.1) is 23.5 Å². The normalized spacial score (nSPS) is 21.2. The second-order valence-corrected chi connectivity index (χ2v) is 6.60. The molecule has 1 fully saturated rings. The largest absolute Gasteiger partial charge is 0.491 e. The van der Waals surface area contributed by atoms with E-state index >= 15 is 0 Å². The molecule has 0 aliphatic carbocycles. The number of rotatable bonds is 5. The summed E-state index contributed by atoms with van der Waals surface area (Å²) in [5.74, 6) is -2.55. The molecule has 5 nitrogen and oxygen atoms in total. The van der Waals surface area contributed by atoms with E-state index in [1.807, 2.05) is 19.0 Å². The summed E-state index contributed by atoms with van der Waals surface area (Å²) >= 11 is 0. The fourth-order valence-electron chi connectivity index (χ4n) is 3.33. The van der Waals surface area contributed by atoms with E-state index in [4.69, 9.17) is 0 Å². The zero-order chi connectivity index (χ0) is 17.9. The molecule has 0 saturated carbocycles. The van der Waals surface area contributed by atoms with Crippen molar-refractivity contribution in [2.24, 2.45) is 11.8 Å². The van der Waals surface area contributed by atoms with Crippen molar-refractivity contribution in [1.82, 2.24) is 9.80 Å². The first-order valence-electron chi connectivity index (χ1n) is 7.93. The summed E-state index contributed by atoms with van der Waals surface area (Å²) in [7, 11) is 5.07. The summed E-state index contributed by atoms with van der Waals surface area (Å²) in [6.45, 7) is 1.65. The van der Waals surface area contributed by atoms with Crippen molar-refractivity contribution in [1.29, 1.82) is 0 Å². The summed E-state index contributed by atoms with van der Waals surface area (Å²) in [6.07, 6.45) is 0.823. The molecule has 1 heterocycles. The SMILES string of the molecule is COc1c(F)cc(C(=O)N2C[C@@H](CN(C)C)C[C@H](CO)C2)cc1F. The van der Waals surface area contributed by atoms with Crippen LogP contribution in [0.2, 0.25) is 0 Å². The minimum atomic E-state index is -0.901. The van der Waals surface area contributed by atoms with Crippen molar-refractivity contribution in [2.45, 2.75) is 6.42 Å². The third-order valence-corrected chi connectivity index (χ3v) is 4.24. The number of carbonyl (C=O) groups excluding carboxylic acids is 1. The van der Waals surface area contributed by atoms with Crippen LogP contribution in [0.3, 0.4) is 0 Å². The van der Waals surface area contributed by atoms with E-state index in [2.05, 4.69) is 4.74 Å². The maximum atomic E-state index is 13.8. The molecule has 134 valence electrons. The third-order valence-electron chi connectivity index (χ3n) is 4.24. The highest BCUT2D eigenvalue weighted by atomic mass is 19.1. The van der Waals surface area contributed by atoms with Gasteiger partial charge in [-0.3, -0.25) is 4.79 Å². The molecule has 1 aromatic rings. The van der Waals surface area contributed by atoms with Gasteiger partial charge >= 0.3 is 0 Å². The molecule has 1 N–H and O–H groups in total. The zero-order valence-corrected chi connectivity index (χ0v) is 14.3. The average molecular weight is 342 g/mol. The molecule has 0 unspecified atom stereocenters. The number of piperidine rings is 1. The number of methoxy groups -OCH3 is 1. The fourth-order valence-corrected chi connectivity index (χ4v) is 3.33. The number of amides is 1. The lowest BCUT2D eigenvalue weighted by Crippen LogP contribution is -2.47. The van der Waals surface area contributed by atoms with Crippen molar-refractivity contribution >= 4 is 5.91 Å². The predicted molar refractivity (Wildman–Crippen MR) is 86.1 cm³/mol. The number of ether oxygens (including phenoxy) is 1. The van der Waals surface area contributed by atoms with Gasteiger partial charge in [0.25, 0.3) is 5.91 Å². The summed E-state index contributed by atoms with van der Waals surface area (Å²) in [5, 5.41) is 9.48. The van der Waals surface area contributed by atoms with Gasteiger partial charge in [0.05, 0.1) is 7.11 Å². The van der Waals surface area contributed by atoms with Crippen LogP contribution >= 0.6 is 0 Å². The zero-order valence-electron chi connectivity index (χ0n) is 14.3. The summed E-state index contributed by atoms with van der Waals surface area (Å²) in [4.78, 5) is 16.2. The maximum Gasteiger partial charge on any atom is 0.254 e. The van der Waals surface area contributed by atoms with E-state index in [9.17, 15) is 18.7 Å². The molecule has 24 heavy (non-hydrogen) atoms. The Morgan fingerprint density at radius 1 is 1.29 bits per heavy atom. The monoisotopic (exact) mass is 342 g/mol. The number of hydrogen-bond acceptors (Lipinski definition) is 4. The van der Waals surface area contributed by atoms with Crippen molar-refractivity contribution in [3.8, 4) is 5.75 Å². The Bertz CT molecular complexity index is 572. The number of hydrogen-bond donors (Lipinski definition) is 1. The van der Waals surface area contributed by atoms with E-state index in [-0.39, 0.29) is 24.0 Å². The second kappa shape index (κ2) is 7.90. The van der Waals surface area contributed by atoms with E-state index in [0.29, 0.717) is 13.1 Å². The van der Waals surface area contributed by atoms with Gasteiger partial charge in [0.15, 0.2) is 17.4 Å². The Balaban J connectivity index is 2.21. The second-order valence-electron chi connectivity index (χ2n) is 6.60. The van der Waals surface area contributed by atoms with Crippen LogP contribution in [0.15, 0.2) is 12.1 Å². The molecule has 7 heteroatoms.